The van der Waals surface area contributed by atoms with Crippen LogP contribution in [0.4, 0.5) is 5.69 Å². The van der Waals surface area contributed by atoms with Gasteiger partial charge in [0.25, 0.3) is 10.0 Å². The number of hydrogen-bond donors (Lipinski definition) is 0. The fourth-order valence-electron chi connectivity index (χ4n) is 6.06. The van der Waals surface area contributed by atoms with Crippen LogP contribution in [0.15, 0.2) is 65.6 Å². The zero-order valence-corrected chi connectivity index (χ0v) is 21.1. The fourth-order valence-corrected chi connectivity index (χ4v) is 7.60. The molecule has 0 saturated heterocycles. The SMILES string of the molecule is Cc1cccc(N(CCCN2CCc3cccc4c3C2CC4)S(=O)(=O)c2ccc3c(c2)CCO3)c1. The van der Waals surface area contributed by atoms with Crippen LogP contribution in [0.5, 0.6) is 5.75 Å². The molecule has 35 heavy (non-hydrogen) atoms. The van der Waals surface area contributed by atoms with E-state index in [0.717, 1.165) is 61.3 Å². The molecule has 0 radical (unpaired) electrons. The quantitative estimate of drug-likeness (QED) is 0.466. The zero-order valence-electron chi connectivity index (χ0n) is 20.2. The maximum atomic E-state index is 13.9. The normalized spacial score (nSPS) is 18.7. The van der Waals surface area contributed by atoms with Crippen LogP contribution in [-0.4, -0.2) is 39.6 Å². The molecule has 0 saturated carbocycles. The molecule has 6 rings (SSSR count). The molecular formula is C29H32N2O3S. The molecule has 1 atom stereocenters. The number of benzene rings is 3. The molecule has 1 aliphatic carbocycles. The number of hydrogen-bond acceptors (Lipinski definition) is 4. The molecule has 0 bridgehead atoms. The number of aryl methyl sites for hydroxylation is 2. The molecule has 2 heterocycles. The van der Waals surface area contributed by atoms with E-state index in [4.69, 9.17) is 4.74 Å². The van der Waals surface area contributed by atoms with Crippen molar-refractivity contribution < 1.29 is 13.2 Å². The molecule has 3 aromatic carbocycles. The standard InChI is InChI=1S/C29H32N2O3S/c1-21-5-2-8-25(19-21)31(35(32,33)26-10-12-28-24(20-26)14-18-34-28)16-4-15-30-17-13-23-7-3-6-22-9-11-27(30)29(22)23/h2-3,5-8,10,12,19-20,27H,4,9,11,13-18H2,1H3. The second kappa shape index (κ2) is 8.99. The Kier molecular flexibility index (Phi) is 5.81. The third-order valence-electron chi connectivity index (χ3n) is 7.76. The van der Waals surface area contributed by atoms with Gasteiger partial charge in [-0.1, -0.05) is 30.3 Å². The van der Waals surface area contributed by atoms with Gasteiger partial charge in [-0.05, 0) is 90.8 Å². The number of fused-ring (bicyclic) bond motifs is 1. The Balaban J connectivity index is 1.24. The highest BCUT2D eigenvalue weighted by Crippen LogP contribution is 2.41. The minimum absolute atomic E-state index is 0.343. The van der Waals surface area contributed by atoms with Crippen LogP contribution in [0.25, 0.3) is 0 Å². The van der Waals surface area contributed by atoms with E-state index in [1.165, 1.54) is 17.5 Å². The first-order valence-corrected chi connectivity index (χ1v) is 14.1. The van der Waals surface area contributed by atoms with Gasteiger partial charge in [-0.15, -0.1) is 0 Å². The van der Waals surface area contributed by atoms with Crippen molar-refractivity contribution in [3.63, 3.8) is 0 Å². The van der Waals surface area contributed by atoms with Crippen molar-refractivity contribution in [3.05, 3.63) is 88.5 Å². The summed E-state index contributed by atoms with van der Waals surface area (Å²) in [6.45, 7) is 5.01. The number of rotatable bonds is 7. The molecule has 1 unspecified atom stereocenters. The van der Waals surface area contributed by atoms with Gasteiger partial charge in [0.15, 0.2) is 0 Å². The van der Waals surface area contributed by atoms with Crippen molar-refractivity contribution in [2.24, 2.45) is 0 Å². The maximum Gasteiger partial charge on any atom is 0.264 e. The van der Waals surface area contributed by atoms with Gasteiger partial charge in [0.2, 0.25) is 0 Å². The van der Waals surface area contributed by atoms with Crippen molar-refractivity contribution in [3.8, 4) is 5.75 Å². The van der Waals surface area contributed by atoms with Crippen LogP contribution in [-0.2, 0) is 29.3 Å². The van der Waals surface area contributed by atoms with Crippen LogP contribution in [0.2, 0.25) is 0 Å². The summed E-state index contributed by atoms with van der Waals surface area (Å²) in [5.41, 5.74) is 7.30. The van der Waals surface area contributed by atoms with E-state index in [-0.39, 0.29) is 0 Å². The molecule has 6 heteroatoms. The predicted octanol–water partition coefficient (Wildman–Crippen LogP) is 5.06. The number of sulfonamides is 1. The van der Waals surface area contributed by atoms with Gasteiger partial charge in [-0.25, -0.2) is 8.42 Å². The van der Waals surface area contributed by atoms with Crippen LogP contribution in [0.3, 0.4) is 0 Å². The van der Waals surface area contributed by atoms with Gasteiger partial charge in [0.1, 0.15) is 5.75 Å². The summed E-state index contributed by atoms with van der Waals surface area (Å²) in [7, 11) is -3.69. The Morgan fingerprint density at radius 2 is 1.80 bits per heavy atom. The van der Waals surface area contributed by atoms with E-state index in [1.54, 1.807) is 28.1 Å². The molecule has 0 aromatic heterocycles. The molecule has 0 amide bonds. The minimum atomic E-state index is -3.69. The Labute approximate surface area is 208 Å². The molecule has 2 aliphatic heterocycles. The van der Waals surface area contributed by atoms with E-state index in [2.05, 4.69) is 23.1 Å². The molecule has 0 N–H and O–H groups in total. The lowest BCUT2D eigenvalue weighted by molar-refractivity contribution is 0.185. The monoisotopic (exact) mass is 488 g/mol. The highest BCUT2D eigenvalue weighted by atomic mass is 32.2. The topological polar surface area (TPSA) is 49.9 Å². The maximum absolute atomic E-state index is 13.9. The molecule has 0 spiro atoms. The Bertz CT molecular complexity index is 1370. The van der Waals surface area contributed by atoms with Gasteiger partial charge >= 0.3 is 0 Å². The smallest absolute Gasteiger partial charge is 0.264 e. The van der Waals surface area contributed by atoms with Crippen molar-refractivity contribution >= 4 is 15.7 Å². The van der Waals surface area contributed by atoms with Crippen LogP contribution >= 0.6 is 0 Å². The van der Waals surface area contributed by atoms with E-state index in [9.17, 15) is 8.42 Å². The molecular weight excluding hydrogens is 456 g/mol. The van der Waals surface area contributed by atoms with Crippen molar-refractivity contribution in [1.29, 1.82) is 0 Å². The molecule has 0 fully saturated rings. The summed E-state index contributed by atoms with van der Waals surface area (Å²) in [5, 5.41) is 0. The summed E-state index contributed by atoms with van der Waals surface area (Å²) >= 11 is 0. The summed E-state index contributed by atoms with van der Waals surface area (Å²) in [4.78, 5) is 2.92. The zero-order chi connectivity index (χ0) is 24.0. The highest BCUT2D eigenvalue weighted by molar-refractivity contribution is 7.92. The summed E-state index contributed by atoms with van der Waals surface area (Å²) < 4.78 is 35.0. The average molecular weight is 489 g/mol. The lowest BCUT2D eigenvalue weighted by atomic mass is 9.93. The lowest BCUT2D eigenvalue weighted by Crippen LogP contribution is -2.38. The first kappa shape index (κ1) is 22.6. The molecule has 3 aliphatic rings. The van der Waals surface area contributed by atoms with E-state index in [0.29, 0.717) is 24.1 Å². The third kappa shape index (κ3) is 4.13. The molecule has 182 valence electrons. The Hall–Kier alpha value is -2.83. The third-order valence-corrected chi connectivity index (χ3v) is 9.58. The number of anilines is 1. The van der Waals surface area contributed by atoms with E-state index in [1.807, 2.05) is 31.2 Å². The minimum Gasteiger partial charge on any atom is -0.493 e. The largest absolute Gasteiger partial charge is 0.493 e. The Morgan fingerprint density at radius 1 is 0.971 bits per heavy atom. The Morgan fingerprint density at radius 3 is 2.66 bits per heavy atom. The van der Waals surface area contributed by atoms with Crippen LogP contribution in [0, 0.1) is 6.92 Å². The summed E-state index contributed by atoms with van der Waals surface area (Å²) in [6.07, 6.45) is 4.94. The van der Waals surface area contributed by atoms with Crippen molar-refractivity contribution in [1.82, 2.24) is 4.90 Å². The van der Waals surface area contributed by atoms with E-state index < -0.39 is 10.0 Å². The predicted molar refractivity (Wildman–Crippen MR) is 139 cm³/mol. The van der Waals surface area contributed by atoms with Gasteiger partial charge < -0.3 is 4.74 Å². The first-order valence-electron chi connectivity index (χ1n) is 12.7. The van der Waals surface area contributed by atoms with Gasteiger partial charge in [-0.3, -0.25) is 9.21 Å². The van der Waals surface area contributed by atoms with Crippen LogP contribution in [0.1, 0.15) is 46.7 Å². The van der Waals surface area contributed by atoms with Gasteiger partial charge in [0.05, 0.1) is 17.2 Å². The first-order chi connectivity index (χ1) is 17.0. The van der Waals surface area contributed by atoms with Gasteiger partial charge in [-0.2, -0.15) is 0 Å². The van der Waals surface area contributed by atoms with E-state index >= 15 is 0 Å². The fraction of sp³-hybridized carbons (Fsp3) is 0.379. The summed E-state index contributed by atoms with van der Waals surface area (Å²) in [6, 6.07) is 20.3. The number of ether oxygens (including phenoxy) is 1. The molecule has 3 aromatic rings. The van der Waals surface area contributed by atoms with Crippen molar-refractivity contribution in [2.75, 3.05) is 30.5 Å². The van der Waals surface area contributed by atoms with Crippen molar-refractivity contribution in [2.45, 2.75) is 50.0 Å². The second-order valence-corrected chi connectivity index (χ2v) is 11.8. The molecule has 5 nitrogen and oxygen atoms in total. The lowest BCUT2D eigenvalue weighted by Gasteiger charge is -2.35. The second-order valence-electron chi connectivity index (χ2n) is 9.97. The average Bonchev–Trinajstić information content (AvgIpc) is 3.51. The van der Waals surface area contributed by atoms with Gasteiger partial charge in [0, 0.05) is 32.1 Å². The van der Waals surface area contributed by atoms with Crippen LogP contribution < -0.4 is 9.04 Å². The highest BCUT2D eigenvalue weighted by Gasteiger charge is 2.33. The number of nitrogens with zero attached hydrogens (tertiary/aromatic N) is 2. The summed E-state index contributed by atoms with van der Waals surface area (Å²) in [5.74, 6) is 0.798.